The summed E-state index contributed by atoms with van der Waals surface area (Å²) in [6, 6.07) is 3.59. The zero-order valence-corrected chi connectivity index (χ0v) is 11.7. The molecule has 2 atom stereocenters. The van der Waals surface area contributed by atoms with E-state index in [0.717, 1.165) is 6.07 Å². The summed E-state index contributed by atoms with van der Waals surface area (Å²) in [5.74, 6) is -0.827. The van der Waals surface area contributed by atoms with E-state index < -0.39 is 15.8 Å². The summed E-state index contributed by atoms with van der Waals surface area (Å²) in [4.78, 5) is -0.344. The number of sulfonamides is 1. The quantitative estimate of drug-likeness (QED) is 0.830. The number of hydrogen-bond donors (Lipinski definition) is 1. The molecule has 1 heterocycles. The molecule has 0 spiro atoms. The highest BCUT2D eigenvalue weighted by atomic mass is 32.2. The molecular weight excluding hydrogens is 271 g/mol. The minimum absolute atomic E-state index is 0.195. The maximum absolute atomic E-state index is 13.8. The van der Waals surface area contributed by atoms with Gasteiger partial charge in [-0.15, -0.1) is 0 Å². The van der Waals surface area contributed by atoms with Crippen LogP contribution in [0.15, 0.2) is 23.1 Å². The van der Waals surface area contributed by atoms with Crippen LogP contribution >= 0.6 is 0 Å². The molecular formula is C12H17FN2O3S. The molecule has 1 aromatic rings. The minimum Gasteiger partial charge on any atom is -0.399 e. The summed E-state index contributed by atoms with van der Waals surface area (Å²) in [7, 11) is -3.85. The molecule has 1 aliphatic heterocycles. The first-order valence-corrected chi connectivity index (χ1v) is 7.45. The number of halogens is 1. The molecule has 1 aromatic carbocycles. The number of hydrogen-bond acceptors (Lipinski definition) is 4. The Morgan fingerprint density at radius 3 is 2.42 bits per heavy atom. The van der Waals surface area contributed by atoms with Crippen LogP contribution in [0.3, 0.4) is 0 Å². The molecule has 0 radical (unpaired) electrons. The molecule has 19 heavy (non-hydrogen) atoms. The average Bonchev–Trinajstić information content (AvgIpc) is 2.26. The number of nitrogens with zero attached hydrogens (tertiary/aromatic N) is 1. The predicted octanol–water partition coefficient (Wildman–Crippen LogP) is 1.21. The van der Waals surface area contributed by atoms with Crippen LogP contribution in [-0.4, -0.2) is 38.0 Å². The number of anilines is 1. The summed E-state index contributed by atoms with van der Waals surface area (Å²) in [6.07, 6.45) is -0.425. The van der Waals surface area contributed by atoms with Crippen LogP contribution in [0.4, 0.5) is 10.1 Å². The smallest absolute Gasteiger partial charge is 0.246 e. The van der Waals surface area contributed by atoms with Crippen molar-refractivity contribution in [2.24, 2.45) is 0 Å². The third-order valence-corrected chi connectivity index (χ3v) is 4.82. The molecule has 1 fully saturated rings. The van der Waals surface area contributed by atoms with Crippen molar-refractivity contribution in [3.05, 3.63) is 24.0 Å². The van der Waals surface area contributed by atoms with Gasteiger partial charge in [-0.25, -0.2) is 12.8 Å². The number of ether oxygens (including phenoxy) is 1. The number of rotatable bonds is 2. The maximum Gasteiger partial charge on any atom is 0.246 e. The van der Waals surface area contributed by atoms with Crippen molar-refractivity contribution in [1.82, 2.24) is 4.31 Å². The summed E-state index contributed by atoms with van der Waals surface area (Å²) >= 11 is 0. The van der Waals surface area contributed by atoms with Crippen LogP contribution in [-0.2, 0) is 14.8 Å². The van der Waals surface area contributed by atoms with E-state index in [9.17, 15) is 12.8 Å². The molecule has 2 N–H and O–H groups in total. The van der Waals surface area contributed by atoms with Crippen molar-refractivity contribution in [2.45, 2.75) is 31.0 Å². The molecule has 5 nitrogen and oxygen atoms in total. The molecule has 1 saturated heterocycles. The van der Waals surface area contributed by atoms with Crippen LogP contribution in [0.5, 0.6) is 0 Å². The van der Waals surface area contributed by atoms with Gasteiger partial charge in [-0.2, -0.15) is 4.31 Å². The molecule has 106 valence electrons. The van der Waals surface area contributed by atoms with Gasteiger partial charge in [0.15, 0.2) is 0 Å². The Morgan fingerprint density at radius 2 is 1.89 bits per heavy atom. The van der Waals surface area contributed by atoms with E-state index in [4.69, 9.17) is 10.5 Å². The molecule has 0 aliphatic carbocycles. The van der Waals surface area contributed by atoms with E-state index in [-0.39, 0.29) is 35.9 Å². The van der Waals surface area contributed by atoms with Crippen molar-refractivity contribution < 1.29 is 17.5 Å². The Bertz CT molecular complexity index is 566. The molecule has 1 aliphatic rings. The van der Waals surface area contributed by atoms with Crippen molar-refractivity contribution >= 4 is 15.7 Å². The lowest BCUT2D eigenvalue weighted by Gasteiger charge is -2.34. The molecule has 0 aromatic heterocycles. The molecule has 0 unspecified atom stereocenters. The van der Waals surface area contributed by atoms with Crippen molar-refractivity contribution in [2.75, 3.05) is 18.8 Å². The molecule has 2 rings (SSSR count). The summed E-state index contributed by atoms with van der Waals surface area (Å²) in [5, 5.41) is 0. The van der Waals surface area contributed by atoms with E-state index in [1.54, 1.807) is 13.8 Å². The molecule has 0 amide bonds. The second-order valence-electron chi connectivity index (χ2n) is 4.77. The van der Waals surface area contributed by atoms with Crippen LogP contribution in [0.2, 0.25) is 0 Å². The second-order valence-corrected chi connectivity index (χ2v) is 6.68. The van der Waals surface area contributed by atoms with E-state index >= 15 is 0 Å². The molecule has 0 bridgehead atoms. The van der Waals surface area contributed by atoms with Crippen LogP contribution in [0.25, 0.3) is 0 Å². The Hall–Kier alpha value is -1.18. The number of nitrogens with two attached hydrogens (primary N) is 1. The fraction of sp³-hybridized carbons (Fsp3) is 0.500. The fourth-order valence-electron chi connectivity index (χ4n) is 2.19. The first-order chi connectivity index (χ1) is 8.80. The predicted molar refractivity (Wildman–Crippen MR) is 69.6 cm³/mol. The third-order valence-electron chi connectivity index (χ3n) is 2.96. The van der Waals surface area contributed by atoms with Crippen LogP contribution < -0.4 is 5.73 Å². The lowest BCUT2D eigenvalue weighted by atomic mass is 10.3. The Balaban J connectivity index is 2.36. The SMILES string of the molecule is C[C@@H]1CN(S(=O)(=O)c2ccc(N)cc2F)C[C@H](C)O1. The topological polar surface area (TPSA) is 72.6 Å². The fourth-order valence-corrected chi connectivity index (χ4v) is 3.83. The maximum atomic E-state index is 13.8. The highest BCUT2D eigenvalue weighted by Crippen LogP contribution is 2.24. The van der Waals surface area contributed by atoms with E-state index in [2.05, 4.69) is 0 Å². The third kappa shape index (κ3) is 2.88. The van der Waals surface area contributed by atoms with Gasteiger partial charge in [0.1, 0.15) is 10.7 Å². The minimum atomic E-state index is -3.85. The van der Waals surface area contributed by atoms with Gasteiger partial charge >= 0.3 is 0 Å². The summed E-state index contributed by atoms with van der Waals surface area (Å²) < 4.78 is 45.3. The first-order valence-electron chi connectivity index (χ1n) is 6.01. The van der Waals surface area contributed by atoms with Gasteiger partial charge < -0.3 is 10.5 Å². The largest absolute Gasteiger partial charge is 0.399 e. The normalized spacial score (nSPS) is 25.4. The van der Waals surface area contributed by atoms with E-state index in [1.807, 2.05) is 0 Å². The standard InChI is InChI=1S/C12H17FN2O3S/c1-8-6-15(7-9(2)18-8)19(16,17)12-4-3-10(14)5-11(12)13/h3-5,8-9H,6-7,14H2,1-2H3/t8-,9+. The zero-order valence-electron chi connectivity index (χ0n) is 10.8. The average molecular weight is 288 g/mol. The van der Waals surface area contributed by atoms with E-state index in [0.29, 0.717) is 0 Å². The van der Waals surface area contributed by atoms with Crippen molar-refractivity contribution in [3.8, 4) is 0 Å². The van der Waals surface area contributed by atoms with Crippen LogP contribution in [0.1, 0.15) is 13.8 Å². The van der Waals surface area contributed by atoms with Gasteiger partial charge in [0.2, 0.25) is 10.0 Å². The number of benzene rings is 1. The van der Waals surface area contributed by atoms with Crippen LogP contribution in [0, 0.1) is 5.82 Å². The lowest BCUT2D eigenvalue weighted by molar-refractivity contribution is -0.0441. The Kier molecular flexibility index (Phi) is 3.80. The lowest BCUT2D eigenvalue weighted by Crippen LogP contribution is -2.48. The van der Waals surface area contributed by atoms with Crippen molar-refractivity contribution in [1.29, 1.82) is 0 Å². The summed E-state index contributed by atoms with van der Waals surface area (Å²) in [5.41, 5.74) is 5.62. The van der Waals surface area contributed by atoms with Gasteiger partial charge in [-0.05, 0) is 32.0 Å². The van der Waals surface area contributed by atoms with Crippen molar-refractivity contribution in [3.63, 3.8) is 0 Å². The van der Waals surface area contributed by atoms with Gasteiger partial charge in [0.25, 0.3) is 0 Å². The van der Waals surface area contributed by atoms with Gasteiger partial charge in [-0.3, -0.25) is 0 Å². The monoisotopic (exact) mass is 288 g/mol. The highest BCUT2D eigenvalue weighted by Gasteiger charge is 2.33. The van der Waals surface area contributed by atoms with E-state index in [1.165, 1.54) is 16.4 Å². The molecule has 7 heteroatoms. The molecule has 0 saturated carbocycles. The number of morpholine rings is 1. The zero-order chi connectivity index (χ0) is 14.2. The summed E-state index contributed by atoms with van der Waals surface area (Å²) in [6.45, 7) is 4.02. The Labute approximate surface area is 112 Å². The highest BCUT2D eigenvalue weighted by molar-refractivity contribution is 7.89. The Morgan fingerprint density at radius 1 is 1.32 bits per heavy atom. The van der Waals surface area contributed by atoms with Gasteiger partial charge in [-0.1, -0.05) is 0 Å². The number of nitrogen functional groups attached to an aromatic ring is 1. The van der Waals surface area contributed by atoms with Gasteiger partial charge in [0, 0.05) is 18.8 Å². The first kappa shape index (κ1) is 14.2. The second kappa shape index (κ2) is 5.07. The van der Waals surface area contributed by atoms with Gasteiger partial charge in [0.05, 0.1) is 12.2 Å².